The van der Waals surface area contributed by atoms with E-state index in [-0.39, 0.29) is 11.7 Å². The summed E-state index contributed by atoms with van der Waals surface area (Å²) < 4.78 is 12.5. The van der Waals surface area contributed by atoms with Gasteiger partial charge in [0.25, 0.3) is 5.91 Å². The Morgan fingerprint density at radius 3 is 2.10 bits per heavy atom. The summed E-state index contributed by atoms with van der Waals surface area (Å²) in [6.07, 6.45) is -0.808. The first-order valence-corrected chi connectivity index (χ1v) is 17.2. The van der Waals surface area contributed by atoms with Crippen LogP contribution >= 0.6 is 23.5 Å². The first kappa shape index (κ1) is 33.6. The summed E-state index contributed by atoms with van der Waals surface area (Å²) in [5, 5.41) is 12.3. The second-order valence-electron chi connectivity index (χ2n) is 12.8. The second-order valence-corrected chi connectivity index (χ2v) is 15.8. The van der Waals surface area contributed by atoms with Crippen LogP contribution in [-0.4, -0.2) is 65.4 Å². The van der Waals surface area contributed by atoms with Gasteiger partial charge in [-0.3, -0.25) is 14.5 Å². The summed E-state index contributed by atoms with van der Waals surface area (Å²) in [4.78, 5) is 42.3. The number of hydrogen-bond acceptors (Lipinski definition) is 10. The van der Waals surface area contributed by atoms with Crippen molar-refractivity contribution in [3.8, 4) is 0 Å². The normalized spacial score (nSPS) is 20.8. The number of thioether (sulfide) groups is 2. The molecule has 3 aromatic carbocycles. The minimum atomic E-state index is -0.787. The largest absolute Gasteiger partial charge is 0.449 e. The summed E-state index contributed by atoms with van der Waals surface area (Å²) in [6, 6.07) is 26.6. The number of tetrazole rings is 1. The molecule has 0 aliphatic carbocycles. The van der Waals surface area contributed by atoms with E-state index in [0.29, 0.717) is 22.8 Å². The SMILES string of the molecule is CO[C@H]1C(=O)N2C(C(=O)C(C)(C)C)=C(C)C(Cc3ccc(C(=O)OC(c4ccccc4)c4ccccc4)cc3)(Sc3nnnn3C)S[C@H]12. The number of methoxy groups -OCH3 is 1. The number of allylic oxidation sites excluding steroid dienone is 1. The topological polar surface area (TPSA) is 117 Å². The van der Waals surface area contributed by atoms with Gasteiger partial charge in [0.05, 0.1) is 15.3 Å². The van der Waals surface area contributed by atoms with Gasteiger partial charge in [0, 0.05) is 26.0 Å². The van der Waals surface area contributed by atoms with Gasteiger partial charge >= 0.3 is 5.97 Å². The van der Waals surface area contributed by atoms with Crippen LogP contribution in [0.5, 0.6) is 0 Å². The van der Waals surface area contributed by atoms with Crippen molar-refractivity contribution in [1.29, 1.82) is 0 Å². The zero-order valence-corrected chi connectivity index (χ0v) is 29.2. The number of fused-ring (bicyclic) bond motifs is 1. The van der Waals surface area contributed by atoms with Crippen molar-refractivity contribution in [2.75, 3.05) is 7.11 Å². The lowest BCUT2D eigenvalue weighted by molar-refractivity contribution is -0.160. The molecule has 10 nitrogen and oxygen atoms in total. The molecule has 0 saturated carbocycles. The van der Waals surface area contributed by atoms with Crippen LogP contribution < -0.4 is 0 Å². The van der Waals surface area contributed by atoms with Crippen LogP contribution in [0.2, 0.25) is 0 Å². The third-order valence-electron chi connectivity index (χ3n) is 8.52. The van der Waals surface area contributed by atoms with E-state index in [0.717, 1.165) is 22.3 Å². The number of hydrogen-bond donors (Lipinski definition) is 0. The molecule has 0 bridgehead atoms. The zero-order chi connectivity index (χ0) is 34.2. The Balaban J connectivity index is 1.34. The lowest BCUT2D eigenvalue weighted by atomic mass is 9.84. The Labute approximate surface area is 288 Å². The van der Waals surface area contributed by atoms with Crippen molar-refractivity contribution in [2.24, 2.45) is 12.5 Å². The molecule has 1 unspecified atom stereocenters. The molecule has 1 aromatic heterocycles. The molecule has 1 amide bonds. The fourth-order valence-electron chi connectivity index (χ4n) is 5.84. The maximum atomic E-state index is 14.0. The molecule has 12 heteroatoms. The number of esters is 1. The van der Waals surface area contributed by atoms with E-state index in [1.807, 2.05) is 100 Å². The number of nitrogens with zero attached hydrogens (tertiary/aromatic N) is 5. The Morgan fingerprint density at radius 2 is 1.58 bits per heavy atom. The van der Waals surface area contributed by atoms with Gasteiger partial charge in [-0.05, 0) is 51.7 Å². The number of carbonyl (C=O) groups excluding carboxylic acids is 3. The van der Waals surface area contributed by atoms with Gasteiger partial charge in [0.1, 0.15) is 5.37 Å². The molecule has 4 aromatic rings. The highest BCUT2D eigenvalue weighted by Gasteiger charge is 2.60. The van der Waals surface area contributed by atoms with Crippen molar-refractivity contribution < 1.29 is 23.9 Å². The number of rotatable bonds is 10. The van der Waals surface area contributed by atoms with Gasteiger partial charge in [-0.1, -0.05) is 105 Å². The Bertz CT molecular complexity index is 1820. The molecule has 2 aliphatic heterocycles. The van der Waals surface area contributed by atoms with Crippen LogP contribution in [0.3, 0.4) is 0 Å². The van der Waals surface area contributed by atoms with Crippen molar-refractivity contribution in [3.63, 3.8) is 0 Å². The van der Waals surface area contributed by atoms with E-state index in [2.05, 4.69) is 15.5 Å². The van der Waals surface area contributed by atoms with Gasteiger partial charge in [0.15, 0.2) is 18.0 Å². The minimum Gasteiger partial charge on any atom is -0.449 e. The van der Waals surface area contributed by atoms with Crippen LogP contribution in [0, 0.1) is 5.41 Å². The molecule has 6 rings (SSSR count). The molecule has 3 atom stereocenters. The third-order valence-corrected chi connectivity index (χ3v) is 11.9. The Morgan fingerprint density at radius 1 is 0.979 bits per heavy atom. The van der Waals surface area contributed by atoms with Crippen molar-refractivity contribution in [2.45, 2.75) is 60.9 Å². The molecular formula is C36H37N5O5S2. The Hall–Kier alpha value is -4.26. The van der Waals surface area contributed by atoms with E-state index < -0.39 is 33.0 Å². The maximum Gasteiger partial charge on any atom is 0.339 e. The van der Waals surface area contributed by atoms with Crippen molar-refractivity contribution in [3.05, 3.63) is 118 Å². The smallest absolute Gasteiger partial charge is 0.339 e. The Kier molecular flexibility index (Phi) is 9.34. The molecule has 1 fully saturated rings. The molecule has 1 saturated heterocycles. The lowest BCUT2D eigenvalue weighted by Crippen LogP contribution is -2.68. The first-order chi connectivity index (χ1) is 22.9. The number of aromatic nitrogens is 4. The van der Waals surface area contributed by atoms with Gasteiger partial charge in [-0.15, -0.1) is 16.9 Å². The van der Waals surface area contributed by atoms with Crippen LogP contribution in [0.15, 0.2) is 101 Å². The highest BCUT2D eigenvalue weighted by Crippen LogP contribution is 2.59. The summed E-state index contributed by atoms with van der Waals surface area (Å²) in [7, 11) is 3.27. The lowest BCUT2D eigenvalue weighted by Gasteiger charge is -2.55. The number of β-lactam (4-membered cyclic amide) rings is 1. The maximum absolute atomic E-state index is 14.0. The first-order valence-electron chi connectivity index (χ1n) is 15.5. The monoisotopic (exact) mass is 683 g/mol. The number of aryl methyl sites for hydroxylation is 1. The average Bonchev–Trinajstić information content (AvgIpc) is 3.48. The molecular weight excluding hydrogens is 647 g/mol. The molecule has 0 radical (unpaired) electrons. The van der Waals surface area contributed by atoms with E-state index in [9.17, 15) is 14.4 Å². The number of benzene rings is 3. The molecule has 0 N–H and O–H groups in total. The predicted octanol–water partition coefficient (Wildman–Crippen LogP) is 6.01. The standard InChI is InChI=1S/C36H37N5O5S2/c1-22-27(30(42)35(2,3)4)41-31(43)29(45-6)32(41)47-36(22,48-34-37-38-39-40(34)5)21-23-17-19-26(20-18-23)33(44)46-28(24-13-9-7-10-14-24)25-15-11-8-12-16-25/h7-20,28-29,32H,21H2,1-6H3/t29-,32+,36?/m0/s1. The number of ketones is 1. The number of carbonyl (C=O) groups is 3. The highest BCUT2D eigenvalue weighted by molar-refractivity contribution is 8.18. The fraction of sp³-hybridized carbons (Fsp3) is 0.333. The second kappa shape index (κ2) is 13.3. The van der Waals surface area contributed by atoms with Gasteiger partial charge in [-0.2, -0.15) is 0 Å². The summed E-state index contributed by atoms with van der Waals surface area (Å²) >= 11 is 3.00. The average molecular weight is 684 g/mol. The molecule has 248 valence electrons. The fourth-order valence-corrected chi connectivity index (χ4v) is 9.16. The van der Waals surface area contributed by atoms with Crippen LogP contribution in [0.25, 0.3) is 0 Å². The van der Waals surface area contributed by atoms with E-state index >= 15 is 0 Å². The summed E-state index contributed by atoms with van der Waals surface area (Å²) in [6.45, 7) is 7.46. The number of ether oxygens (including phenoxy) is 2. The summed E-state index contributed by atoms with van der Waals surface area (Å²) in [5.74, 6) is -0.798. The third kappa shape index (κ3) is 6.31. The van der Waals surface area contributed by atoms with Crippen LogP contribution in [0.1, 0.15) is 60.8 Å². The van der Waals surface area contributed by atoms with Crippen LogP contribution in [0.4, 0.5) is 0 Å². The van der Waals surface area contributed by atoms with Crippen molar-refractivity contribution in [1.82, 2.24) is 25.1 Å². The van der Waals surface area contributed by atoms with E-state index in [1.54, 1.807) is 40.5 Å². The number of Topliss-reactive ketones (excluding diaryl/α,β-unsaturated/α-hetero) is 1. The van der Waals surface area contributed by atoms with Gasteiger partial charge in [0.2, 0.25) is 5.16 Å². The van der Waals surface area contributed by atoms with Gasteiger partial charge in [-0.25, -0.2) is 9.48 Å². The quantitative estimate of drug-likeness (QED) is 0.145. The zero-order valence-electron chi connectivity index (χ0n) is 27.6. The molecule has 3 heterocycles. The number of amides is 1. The minimum absolute atomic E-state index is 0.126. The molecule has 2 aliphatic rings. The highest BCUT2D eigenvalue weighted by atomic mass is 32.2. The predicted molar refractivity (Wildman–Crippen MR) is 184 cm³/mol. The summed E-state index contributed by atoms with van der Waals surface area (Å²) in [5.41, 5.74) is 3.49. The van der Waals surface area contributed by atoms with Gasteiger partial charge < -0.3 is 9.47 Å². The van der Waals surface area contributed by atoms with Crippen LogP contribution in [-0.2, 0) is 32.5 Å². The van der Waals surface area contributed by atoms with E-state index in [4.69, 9.17) is 9.47 Å². The molecule has 48 heavy (non-hydrogen) atoms. The molecule has 0 spiro atoms. The van der Waals surface area contributed by atoms with E-state index in [1.165, 1.54) is 18.9 Å². The van der Waals surface area contributed by atoms with Crippen molar-refractivity contribution >= 4 is 41.2 Å².